The van der Waals surface area contributed by atoms with Crippen molar-refractivity contribution in [3.8, 4) is 0 Å². The van der Waals surface area contributed by atoms with E-state index in [9.17, 15) is 4.79 Å². The van der Waals surface area contributed by atoms with Gasteiger partial charge in [0.2, 0.25) is 0 Å². The molecule has 1 N–H and O–H groups in total. The molecule has 1 amide bonds. The van der Waals surface area contributed by atoms with Gasteiger partial charge in [0.05, 0.1) is 11.1 Å². The topological polar surface area (TPSA) is 32.3 Å². The quantitative estimate of drug-likeness (QED) is 0.592. The van der Waals surface area contributed by atoms with Crippen molar-refractivity contribution >= 4 is 38.9 Å². The zero-order valence-corrected chi connectivity index (χ0v) is 16.6. The van der Waals surface area contributed by atoms with Gasteiger partial charge in [0.15, 0.2) is 0 Å². The van der Waals surface area contributed by atoms with E-state index in [1.165, 1.54) is 16.9 Å². The molecule has 3 nitrogen and oxygen atoms in total. The SMILES string of the molecule is CCN(CC)[C@H](CNC(=O)c1sc2ccccc2c1Cl)c1ccccc1. The Bertz CT molecular complexity index is 874. The average Bonchev–Trinajstić information content (AvgIpc) is 3.02. The summed E-state index contributed by atoms with van der Waals surface area (Å²) in [7, 11) is 0. The average molecular weight is 387 g/mol. The maximum absolute atomic E-state index is 12.8. The number of nitrogens with zero attached hydrogens (tertiary/aromatic N) is 1. The predicted molar refractivity (Wildman–Crippen MR) is 111 cm³/mol. The van der Waals surface area contributed by atoms with Gasteiger partial charge in [-0.05, 0) is 24.7 Å². The molecule has 0 aliphatic rings. The van der Waals surface area contributed by atoms with E-state index in [2.05, 4.69) is 36.2 Å². The Kier molecular flexibility index (Phi) is 6.30. The maximum Gasteiger partial charge on any atom is 0.262 e. The molecular weight excluding hydrogens is 364 g/mol. The van der Waals surface area contributed by atoms with Gasteiger partial charge >= 0.3 is 0 Å². The highest BCUT2D eigenvalue weighted by Crippen LogP contribution is 2.35. The standard InChI is InChI=1S/C21H23ClN2OS/c1-3-24(4-2)17(15-10-6-5-7-11-15)14-23-21(25)20-19(22)16-12-8-9-13-18(16)26-20/h5-13,17H,3-4,14H2,1-2H3,(H,23,25)/t17-/m1/s1. The minimum absolute atomic E-state index is 0.107. The Hall–Kier alpha value is -1.88. The number of benzene rings is 2. The molecule has 136 valence electrons. The van der Waals surface area contributed by atoms with Crippen LogP contribution in [0.4, 0.5) is 0 Å². The van der Waals surface area contributed by atoms with Gasteiger partial charge in [-0.1, -0.05) is 74.0 Å². The third kappa shape index (κ3) is 3.93. The summed E-state index contributed by atoms with van der Waals surface area (Å²) < 4.78 is 1.03. The molecule has 0 aliphatic heterocycles. The van der Waals surface area contributed by atoms with Crippen molar-refractivity contribution in [1.29, 1.82) is 0 Å². The maximum atomic E-state index is 12.8. The summed E-state index contributed by atoms with van der Waals surface area (Å²) in [6.07, 6.45) is 0. The van der Waals surface area contributed by atoms with E-state index in [0.717, 1.165) is 23.2 Å². The lowest BCUT2D eigenvalue weighted by atomic mass is 10.1. The molecule has 1 atom stereocenters. The van der Waals surface area contributed by atoms with Crippen molar-refractivity contribution in [3.63, 3.8) is 0 Å². The summed E-state index contributed by atoms with van der Waals surface area (Å²) in [5, 5.41) is 4.58. The Balaban J connectivity index is 1.79. The van der Waals surface area contributed by atoms with Crippen molar-refractivity contribution in [3.05, 3.63) is 70.1 Å². The van der Waals surface area contributed by atoms with E-state index < -0.39 is 0 Å². The highest BCUT2D eigenvalue weighted by molar-refractivity contribution is 7.21. The molecule has 3 aromatic rings. The number of fused-ring (bicyclic) bond motifs is 1. The fourth-order valence-corrected chi connectivity index (χ4v) is 4.66. The first-order valence-electron chi connectivity index (χ1n) is 8.89. The molecule has 1 heterocycles. The fourth-order valence-electron chi connectivity index (χ4n) is 3.23. The van der Waals surface area contributed by atoms with E-state index in [1.54, 1.807) is 0 Å². The molecule has 5 heteroatoms. The van der Waals surface area contributed by atoms with Crippen LogP contribution >= 0.6 is 22.9 Å². The lowest BCUT2D eigenvalue weighted by molar-refractivity contribution is 0.0939. The molecule has 0 saturated carbocycles. The van der Waals surface area contributed by atoms with Gasteiger partial charge in [-0.25, -0.2) is 0 Å². The number of amides is 1. The lowest BCUT2D eigenvalue weighted by Gasteiger charge is -2.30. The third-order valence-corrected chi connectivity index (χ3v) is 6.31. The molecule has 0 bridgehead atoms. The monoisotopic (exact) mass is 386 g/mol. The van der Waals surface area contributed by atoms with Gasteiger partial charge < -0.3 is 5.32 Å². The highest BCUT2D eigenvalue weighted by atomic mass is 35.5. The summed E-state index contributed by atoms with van der Waals surface area (Å²) in [5.74, 6) is -0.107. The number of hydrogen-bond acceptors (Lipinski definition) is 3. The van der Waals surface area contributed by atoms with Gasteiger partial charge in [0.1, 0.15) is 4.88 Å². The number of likely N-dealkylation sites (N-methyl/N-ethyl adjacent to an activating group) is 1. The van der Waals surface area contributed by atoms with Gasteiger partial charge in [0, 0.05) is 16.6 Å². The van der Waals surface area contributed by atoms with Crippen LogP contribution in [0.1, 0.15) is 35.1 Å². The van der Waals surface area contributed by atoms with Crippen molar-refractivity contribution in [1.82, 2.24) is 10.2 Å². The summed E-state index contributed by atoms with van der Waals surface area (Å²) in [6.45, 7) is 6.69. The number of carbonyl (C=O) groups is 1. The van der Waals surface area contributed by atoms with Crippen LogP contribution in [0.5, 0.6) is 0 Å². The summed E-state index contributed by atoms with van der Waals surface area (Å²) >= 11 is 7.88. The van der Waals surface area contributed by atoms with Gasteiger partial charge in [-0.15, -0.1) is 11.3 Å². The second-order valence-electron chi connectivity index (χ2n) is 6.10. The van der Waals surface area contributed by atoms with Crippen LogP contribution in [0, 0.1) is 0 Å². The van der Waals surface area contributed by atoms with Crippen molar-refractivity contribution in [2.24, 2.45) is 0 Å². The van der Waals surface area contributed by atoms with Crippen LogP contribution in [0.3, 0.4) is 0 Å². The summed E-state index contributed by atoms with van der Waals surface area (Å²) in [5.41, 5.74) is 1.21. The first kappa shape index (κ1) is 18.9. The number of hydrogen-bond donors (Lipinski definition) is 1. The minimum Gasteiger partial charge on any atom is -0.349 e. The lowest BCUT2D eigenvalue weighted by Crippen LogP contribution is -2.38. The smallest absolute Gasteiger partial charge is 0.262 e. The molecular formula is C21H23ClN2OS. The Labute approximate surface area is 163 Å². The molecule has 0 spiro atoms. The zero-order valence-electron chi connectivity index (χ0n) is 15.0. The molecule has 3 rings (SSSR count). The van der Waals surface area contributed by atoms with Gasteiger partial charge in [-0.2, -0.15) is 0 Å². The van der Waals surface area contributed by atoms with E-state index in [0.29, 0.717) is 16.4 Å². The fraction of sp³-hybridized carbons (Fsp3) is 0.286. The van der Waals surface area contributed by atoms with Crippen molar-refractivity contribution in [2.45, 2.75) is 19.9 Å². The number of carbonyl (C=O) groups excluding carboxylic acids is 1. The second-order valence-corrected chi connectivity index (χ2v) is 7.53. The predicted octanol–water partition coefficient (Wildman–Crippen LogP) is 5.37. The Morgan fingerprint density at radius 1 is 1.08 bits per heavy atom. The Morgan fingerprint density at radius 2 is 1.73 bits per heavy atom. The van der Waals surface area contributed by atoms with Crippen molar-refractivity contribution in [2.75, 3.05) is 19.6 Å². The van der Waals surface area contributed by atoms with Crippen LogP contribution in [0.15, 0.2) is 54.6 Å². The summed E-state index contributed by atoms with van der Waals surface area (Å²) in [4.78, 5) is 15.7. The highest BCUT2D eigenvalue weighted by Gasteiger charge is 2.21. The normalized spacial score (nSPS) is 12.5. The number of nitrogens with one attached hydrogen (secondary N) is 1. The van der Waals surface area contributed by atoms with Crippen LogP contribution in [0.2, 0.25) is 5.02 Å². The van der Waals surface area contributed by atoms with E-state index in [1.807, 2.05) is 42.5 Å². The number of thiophene rings is 1. The molecule has 0 unspecified atom stereocenters. The van der Waals surface area contributed by atoms with Gasteiger partial charge in [-0.3, -0.25) is 9.69 Å². The van der Waals surface area contributed by atoms with Gasteiger partial charge in [0.25, 0.3) is 5.91 Å². The third-order valence-electron chi connectivity index (χ3n) is 4.63. The Morgan fingerprint density at radius 3 is 2.38 bits per heavy atom. The van der Waals surface area contributed by atoms with Crippen LogP contribution in [-0.2, 0) is 0 Å². The largest absolute Gasteiger partial charge is 0.349 e. The molecule has 0 saturated heterocycles. The van der Waals surface area contributed by atoms with E-state index in [-0.39, 0.29) is 11.9 Å². The summed E-state index contributed by atoms with van der Waals surface area (Å²) in [6, 6.07) is 18.3. The van der Waals surface area contributed by atoms with E-state index in [4.69, 9.17) is 11.6 Å². The van der Waals surface area contributed by atoms with Crippen LogP contribution < -0.4 is 5.32 Å². The second kappa shape index (κ2) is 8.67. The molecule has 2 aromatic carbocycles. The number of rotatable bonds is 7. The first-order valence-corrected chi connectivity index (χ1v) is 10.1. The molecule has 26 heavy (non-hydrogen) atoms. The zero-order chi connectivity index (χ0) is 18.5. The van der Waals surface area contributed by atoms with E-state index >= 15 is 0 Å². The molecule has 0 fully saturated rings. The molecule has 0 radical (unpaired) electrons. The minimum atomic E-state index is -0.107. The first-order chi connectivity index (χ1) is 12.7. The van der Waals surface area contributed by atoms with Crippen molar-refractivity contribution < 1.29 is 4.79 Å². The molecule has 0 aliphatic carbocycles. The van der Waals surface area contributed by atoms with Crippen LogP contribution in [-0.4, -0.2) is 30.4 Å². The molecule has 1 aromatic heterocycles. The van der Waals surface area contributed by atoms with Crippen LogP contribution in [0.25, 0.3) is 10.1 Å². The number of halogens is 1.